The van der Waals surface area contributed by atoms with Crippen molar-refractivity contribution in [1.29, 1.82) is 0 Å². The lowest BCUT2D eigenvalue weighted by molar-refractivity contribution is -0.128. The van der Waals surface area contributed by atoms with Crippen LogP contribution >= 0.6 is 0 Å². The Bertz CT molecular complexity index is 429. The molecule has 0 aromatic heterocycles. The van der Waals surface area contributed by atoms with Crippen LogP contribution in [0, 0.1) is 5.92 Å². The summed E-state index contributed by atoms with van der Waals surface area (Å²) >= 11 is 0. The molecular weight excluding hydrogens is 266 g/mol. The molecule has 0 fully saturated rings. The van der Waals surface area contributed by atoms with E-state index in [-0.39, 0.29) is 12.5 Å². The number of aliphatic hydroxyl groups is 1. The van der Waals surface area contributed by atoms with Crippen LogP contribution < -0.4 is 10.1 Å². The smallest absolute Gasteiger partial charge is 0.260 e. The number of para-hydroxylation sites is 1. The van der Waals surface area contributed by atoms with Crippen molar-refractivity contribution in [1.82, 2.24) is 5.32 Å². The molecule has 0 spiro atoms. The van der Waals surface area contributed by atoms with E-state index in [0.29, 0.717) is 18.1 Å². The molecule has 0 saturated heterocycles. The Morgan fingerprint density at radius 2 is 1.90 bits per heavy atom. The van der Waals surface area contributed by atoms with E-state index in [4.69, 9.17) is 4.74 Å². The van der Waals surface area contributed by atoms with Gasteiger partial charge in [0.05, 0.1) is 5.60 Å². The fraction of sp³-hybridized carbons (Fsp3) is 0.588. The molecule has 0 aliphatic carbocycles. The van der Waals surface area contributed by atoms with Crippen LogP contribution in [0.15, 0.2) is 30.3 Å². The summed E-state index contributed by atoms with van der Waals surface area (Å²) < 4.78 is 5.55. The van der Waals surface area contributed by atoms with Crippen LogP contribution in [0.2, 0.25) is 0 Å². The molecule has 2 atom stereocenters. The molecule has 1 aromatic rings. The highest BCUT2D eigenvalue weighted by Crippen LogP contribution is 2.16. The lowest BCUT2D eigenvalue weighted by Crippen LogP contribution is -2.45. The Morgan fingerprint density at radius 3 is 2.48 bits per heavy atom. The van der Waals surface area contributed by atoms with Crippen LogP contribution in [0.4, 0.5) is 0 Å². The number of hydrogen-bond acceptors (Lipinski definition) is 3. The molecule has 1 aromatic carbocycles. The number of carbonyl (C=O) groups is 1. The fourth-order valence-corrected chi connectivity index (χ4v) is 1.87. The van der Waals surface area contributed by atoms with Gasteiger partial charge in [0.2, 0.25) is 0 Å². The van der Waals surface area contributed by atoms with Crippen LogP contribution in [0.1, 0.15) is 40.5 Å². The lowest BCUT2D eigenvalue weighted by Gasteiger charge is -2.25. The summed E-state index contributed by atoms with van der Waals surface area (Å²) in [5.74, 6) is 0.975. The molecule has 0 saturated carbocycles. The SMILES string of the molecule is CC(C)CCC(C)(O)CNC(=O)C(C)Oc1ccccc1. The Morgan fingerprint density at radius 1 is 1.29 bits per heavy atom. The molecule has 21 heavy (non-hydrogen) atoms. The standard InChI is InChI=1S/C17H27NO3/c1-13(2)10-11-17(4,20)12-18-16(19)14(3)21-15-8-6-5-7-9-15/h5-9,13-14,20H,10-12H2,1-4H3,(H,18,19). The van der Waals surface area contributed by atoms with Crippen molar-refractivity contribution in [3.63, 3.8) is 0 Å². The van der Waals surface area contributed by atoms with Gasteiger partial charge in [-0.25, -0.2) is 0 Å². The summed E-state index contributed by atoms with van der Waals surface area (Å²) in [6.45, 7) is 7.92. The highest BCUT2D eigenvalue weighted by atomic mass is 16.5. The number of nitrogens with one attached hydrogen (secondary N) is 1. The van der Waals surface area contributed by atoms with E-state index in [2.05, 4.69) is 19.2 Å². The van der Waals surface area contributed by atoms with Gasteiger partial charge in [-0.05, 0) is 44.7 Å². The maximum Gasteiger partial charge on any atom is 0.260 e. The van der Waals surface area contributed by atoms with Gasteiger partial charge < -0.3 is 15.2 Å². The third-order valence-electron chi connectivity index (χ3n) is 3.33. The minimum Gasteiger partial charge on any atom is -0.481 e. The summed E-state index contributed by atoms with van der Waals surface area (Å²) in [4.78, 5) is 12.0. The molecule has 0 bridgehead atoms. The number of carbonyl (C=O) groups excluding carboxylic acids is 1. The second-order valence-electron chi connectivity index (χ2n) is 6.22. The average Bonchev–Trinajstić information content (AvgIpc) is 2.44. The zero-order chi connectivity index (χ0) is 15.9. The Hall–Kier alpha value is -1.55. The zero-order valence-corrected chi connectivity index (χ0v) is 13.4. The number of amides is 1. The van der Waals surface area contributed by atoms with E-state index in [0.717, 1.165) is 6.42 Å². The Kier molecular flexibility index (Phi) is 6.69. The van der Waals surface area contributed by atoms with Crippen LogP contribution in [0.5, 0.6) is 5.75 Å². The third kappa shape index (κ3) is 7.14. The van der Waals surface area contributed by atoms with Gasteiger partial charge in [-0.15, -0.1) is 0 Å². The van der Waals surface area contributed by atoms with Crippen molar-refractivity contribution in [2.45, 2.75) is 52.2 Å². The van der Waals surface area contributed by atoms with Gasteiger partial charge in [0, 0.05) is 6.54 Å². The van der Waals surface area contributed by atoms with Crippen LogP contribution in [-0.2, 0) is 4.79 Å². The van der Waals surface area contributed by atoms with Crippen LogP contribution in [-0.4, -0.2) is 29.3 Å². The van der Waals surface area contributed by atoms with E-state index in [1.165, 1.54) is 0 Å². The highest BCUT2D eigenvalue weighted by molar-refractivity contribution is 5.80. The summed E-state index contributed by atoms with van der Waals surface area (Å²) in [7, 11) is 0. The first-order chi connectivity index (χ1) is 9.80. The van der Waals surface area contributed by atoms with Crippen molar-refractivity contribution in [3.8, 4) is 5.75 Å². The molecule has 0 aliphatic heterocycles. The Balaban J connectivity index is 2.38. The fourth-order valence-electron chi connectivity index (χ4n) is 1.87. The van der Waals surface area contributed by atoms with Gasteiger partial charge in [0.15, 0.2) is 6.10 Å². The number of hydrogen-bond donors (Lipinski definition) is 2. The molecule has 0 radical (unpaired) electrons. The second-order valence-corrected chi connectivity index (χ2v) is 6.22. The Labute approximate surface area is 127 Å². The molecule has 1 amide bonds. The average molecular weight is 293 g/mol. The molecule has 4 heteroatoms. The van der Waals surface area contributed by atoms with Gasteiger partial charge in [0.1, 0.15) is 5.75 Å². The van der Waals surface area contributed by atoms with Gasteiger partial charge in [0.25, 0.3) is 5.91 Å². The summed E-state index contributed by atoms with van der Waals surface area (Å²) in [6.07, 6.45) is 1.01. The zero-order valence-electron chi connectivity index (χ0n) is 13.4. The van der Waals surface area contributed by atoms with Crippen molar-refractivity contribution < 1.29 is 14.6 Å². The van der Waals surface area contributed by atoms with Gasteiger partial charge in [-0.3, -0.25) is 4.79 Å². The van der Waals surface area contributed by atoms with Crippen molar-refractivity contribution in [2.24, 2.45) is 5.92 Å². The summed E-state index contributed by atoms with van der Waals surface area (Å²) in [6, 6.07) is 9.22. The second kappa shape index (κ2) is 8.03. The first-order valence-corrected chi connectivity index (χ1v) is 7.52. The minimum absolute atomic E-state index is 0.219. The largest absolute Gasteiger partial charge is 0.481 e. The monoisotopic (exact) mass is 293 g/mol. The quantitative estimate of drug-likeness (QED) is 0.775. The maximum absolute atomic E-state index is 12.0. The molecule has 118 valence electrons. The molecule has 0 heterocycles. The molecular formula is C17H27NO3. The van der Waals surface area contributed by atoms with E-state index in [1.807, 2.05) is 30.3 Å². The maximum atomic E-state index is 12.0. The molecule has 4 nitrogen and oxygen atoms in total. The highest BCUT2D eigenvalue weighted by Gasteiger charge is 2.23. The van der Waals surface area contributed by atoms with Crippen LogP contribution in [0.25, 0.3) is 0 Å². The van der Waals surface area contributed by atoms with Gasteiger partial charge in [-0.1, -0.05) is 32.0 Å². The lowest BCUT2D eigenvalue weighted by atomic mass is 9.95. The van der Waals surface area contributed by atoms with Gasteiger partial charge >= 0.3 is 0 Å². The third-order valence-corrected chi connectivity index (χ3v) is 3.33. The number of rotatable bonds is 8. The van der Waals surface area contributed by atoms with Crippen molar-refractivity contribution in [2.75, 3.05) is 6.54 Å². The predicted molar refractivity (Wildman–Crippen MR) is 84.2 cm³/mol. The van der Waals surface area contributed by atoms with E-state index in [9.17, 15) is 9.90 Å². The summed E-state index contributed by atoms with van der Waals surface area (Å²) in [5.41, 5.74) is -0.883. The van der Waals surface area contributed by atoms with E-state index < -0.39 is 11.7 Å². The van der Waals surface area contributed by atoms with Gasteiger partial charge in [-0.2, -0.15) is 0 Å². The normalized spacial score (nSPS) is 15.3. The number of benzene rings is 1. The molecule has 2 unspecified atom stereocenters. The first kappa shape index (κ1) is 17.5. The predicted octanol–water partition coefficient (Wildman–Crippen LogP) is 2.76. The number of ether oxygens (including phenoxy) is 1. The molecule has 2 N–H and O–H groups in total. The minimum atomic E-state index is -0.883. The molecule has 1 rings (SSSR count). The van der Waals surface area contributed by atoms with Crippen molar-refractivity contribution in [3.05, 3.63) is 30.3 Å². The van der Waals surface area contributed by atoms with Crippen LogP contribution in [0.3, 0.4) is 0 Å². The molecule has 0 aliphatic rings. The topological polar surface area (TPSA) is 58.6 Å². The van der Waals surface area contributed by atoms with E-state index >= 15 is 0 Å². The first-order valence-electron chi connectivity index (χ1n) is 7.52. The summed E-state index contributed by atoms with van der Waals surface area (Å²) in [5, 5.41) is 13.0. The van der Waals surface area contributed by atoms with Crippen molar-refractivity contribution >= 4 is 5.91 Å². The van der Waals surface area contributed by atoms with E-state index in [1.54, 1.807) is 13.8 Å².